The summed E-state index contributed by atoms with van der Waals surface area (Å²) in [7, 11) is 0. The molecular formula is C26H41NO5. The van der Waals surface area contributed by atoms with E-state index in [1.807, 2.05) is 24.3 Å². The third kappa shape index (κ3) is 7.29. The molecule has 0 N–H and O–H groups in total. The number of nitrogens with zero attached hydrogens (tertiary/aromatic N) is 1. The van der Waals surface area contributed by atoms with Gasteiger partial charge < -0.3 is 18.9 Å². The van der Waals surface area contributed by atoms with Gasteiger partial charge in [-0.15, -0.1) is 0 Å². The molecule has 3 rings (SSSR count). The van der Waals surface area contributed by atoms with E-state index in [2.05, 4.69) is 51.8 Å². The summed E-state index contributed by atoms with van der Waals surface area (Å²) in [4.78, 5) is 6.47. The Morgan fingerprint density at radius 2 is 1.78 bits per heavy atom. The summed E-state index contributed by atoms with van der Waals surface area (Å²) in [5.74, 6) is 0.270. The monoisotopic (exact) mass is 447 g/mol. The highest BCUT2D eigenvalue weighted by molar-refractivity contribution is 5.28. The molecule has 1 fully saturated rings. The molecule has 6 nitrogen and oxygen atoms in total. The van der Waals surface area contributed by atoms with Crippen molar-refractivity contribution in [3.63, 3.8) is 0 Å². The molecule has 0 amide bonds. The highest BCUT2D eigenvalue weighted by Crippen LogP contribution is 2.36. The van der Waals surface area contributed by atoms with Gasteiger partial charge in [-0.1, -0.05) is 44.6 Å². The van der Waals surface area contributed by atoms with Gasteiger partial charge in [0.05, 0.1) is 19.8 Å². The Hall–Kier alpha value is -1.44. The molecule has 1 aromatic rings. The van der Waals surface area contributed by atoms with Crippen LogP contribution in [0.2, 0.25) is 0 Å². The molecule has 0 aromatic heterocycles. The maximum Gasteiger partial charge on any atom is 0.170 e. The lowest BCUT2D eigenvalue weighted by atomic mass is 9.90. The van der Waals surface area contributed by atoms with Crippen LogP contribution in [-0.2, 0) is 19.0 Å². The fourth-order valence-electron chi connectivity index (χ4n) is 4.19. The molecule has 0 spiro atoms. The third-order valence-corrected chi connectivity index (χ3v) is 6.10. The summed E-state index contributed by atoms with van der Waals surface area (Å²) in [6, 6.07) is 8.14. The van der Waals surface area contributed by atoms with Crippen LogP contribution in [0.5, 0.6) is 5.75 Å². The SMILES string of the molecule is CCCCC1(CC(C)(C)N(CC)OC(C)c2ccc(OCC3CO3)cc2)OCC=CCO1. The van der Waals surface area contributed by atoms with Gasteiger partial charge >= 0.3 is 0 Å². The van der Waals surface area contributed by atoms with E-state index in [1.165, 1.54) is 0 Å². The number of epoxide rings is 1. The quantitative estimate of drug-likeness (QED) is 0.228. The molecule has 32 heavy (non-hydrogen) atoms. The predicted octanol–water partition coefficient (Wildman–Crippen LogP) is 5.44. The first-order chi connectivity index (χ1) is 15.4. The molecule has 0 aliphatic carbocycles. The zero-order chi connectivity index (χ0) is 23.0. The highest BCUT2D eigenvalue weighted by atomic mass is 16.7. The smallest absolute Gasteiger partial charge is 0.170 e. The van der Waals surface area contributed by atoms with Crippen LogP contribution in [0, 0.1) is 0 Å². The standard InChI is InChI=1S/C26H41NO5/c1-6-8-15-26(30-16-9-10-17-31-26)20-25(4,5)27(7-2)32-21(3)22-11-13-23(14-12-22)28-18-24-19-29-24/h9-14,21,24H,6-8,15-20H2,1-5H3. The largest absolute Gasteiger partial charge is 0.491 e. The van der Waals surface area contributed by atoms with Gasteiger partial charge in [0.2, 0.25) is 0 Å². The van der Waals surface area contributed by atoms with Crippen LogP contribution < -0.4 is 4.74 Å². The van der Waals surface area contributed by atoms with Crippen molar-refractivity contribution in [3.8, 4) is 5.75 Å². The van der Waals surface area contributed by atoms with E-state index in [9.17, 15) is 0 Å². The van der Waals surface area contributed by atoms with Crippen molar-refractivity contribution in [2.45, 2.75) is 83.8 Å². The number of rotatable bonds is 13. The first-order valence-corrected chi connectivity index (χ1v) is 12.1. The Balaban J connectivity index is 1.62. The Morgan fingerprint density at radius 1 is 1.12 bits per heavy atom. The predicted molar refractivity (Wildman–Crippen MR) is 126 cm³/mol. The van der Waals surface area contributed by atoms with Gasteiger partial charge in [-0.25, -0.2) is 0 Å². The number of ether oxygens (including phenoxy) is 4. The van der Waals surface area contributed by atoms with Crippen LogP contribution in [0.1, 0.15) is 72.0 Å². The zero-order valence-electron chi connectivity index (χ0n) is 20.5. The maximum atomic E-state index is 6.47. The lowest BCUT2D eigenvalue weighted by Crippen LogP contribution is -2.51. The topological polar surface area (TPSA) is 52.7 Å². The van der Waals surface area contributed by atoms with Gasteiger partial charge in [-0.3, -0.25) is 4.84 Å². The van der Waals surface area contributed by atoms with Gasteiger partial charge in [0, 0.05) is 24.9 Å². The fraction of sp³-hybridized carbons (Fsp3) is 0.692. The Labute approximate surface area is 193 Å². The van der Waals surface area contributed by atoms with E-state index in [0.717, 1.165) is 50.1 Å². The summed E-state index contributed by atoms with van der Waals surface area (Å²) < 4.78 is 23.5. The molecule has 180 valence electrons. The van der Waals surface area contributed by atoms with Gasteiger partial charge in [0.1, 0.15) is 24.6 Å². The van der Waals surface area contributed by atoms with Crippen molar-refractivity contribution in [2.75, 3.05) is 33.0 Å². The average Bonchev–Trinajstić information content (AvgIpc) is 3.62. The Morgan fingerprint density at radius 3 is 2.34 bits per heavy atom. The minimum Gasteiger partial charge on any atom is -0.491 e. The number of hydrogen-bond acceptors (Lipinski definition) is 6. The second kappa shape index (κ2) is 11.6. The number of hydroxylamine groups is 2. The lowest BCUT2D eigenvalue weighted by Gasteiger charge is -2.44. The van der Waals surface area contributed by atoms with Gasteiger partial charge in [0.15, 0.2) is 5.79 Å². The second-order valence-electron chi connectivity index (χ2n) is 9.37. The van der Waals surface area contributed by atoms with Crippen LogP contribution in [-0.4, -0.2) is 55.5 Å². The maximum absolute atomic E-state index is 6.47. The summed E-state index contributed by atoms with van der Waals surface area (Å²) in [5.41, 5.74) is 0.843. The molecule has 2 unspecified atom stereocenters. The van der Waals surface area contributed by atoms with Crippen LogP contribution in [0.3, 0.4) is 0 Å². The van der Waals surface area contributed by atoms with E-state index in [1.54, 1.807) is 0 Å². The molecule has 2 atom stereocenters. The lowest BCUT2D eigenvalue weighted by molar-refractivity contribution is -0.288. The number of hydrogen-bond donors (Lipinski definition) is 0. The van der Waals surface area contributed by atoms with Crippen LogP contribution in [0.25, 0.3) is 0 Å². The summed E-state index contributed by atoms with van der Waals surface area (Å²) in [5, 5.41) is 2.07. The minimum atomic E-state index is -0.590. The van der Waals surface area contributed by atoms with Gasteiger partial charge in [-0.05, 0) is 44.9 Å². The van der Waals surface area contributed by atoms with Crippen LogP contribution in [0.4, 0.5) is 0 Å². The second-order valence-corrected chi connectivity index (χ2v) is 9.37. The van der Waals surface area contributed by atoms with Crippen molar-refractivity contribution in [3.05, 3.63) is 42.0 Å². The normalized spacial score (nSPS) is 21.4. The Bertz CT molecular complexity index is 703. The van der Waals surface area contributed by atoms with Crippen LogP contribution in [0.15, 0.2) is 36.4 Å². The molecule has 2 heterocycles. The van der Waals surface area contributed by atoms with E-state index in [0.29, 0.717) is 19.8 Å². The van der Waals surface area contributed by atoms with Crippen LogP contribution >= 0.6 is 0 Å². The van der Waals surface area contributed by atoms with E-state index in [4.69, 9.17) is 23.8 Å². The molecule has 0 saturated carbocycles. The number of benzene rings is 1. The van der Waals surface area contributed by atoms with Crippen molar-refractivity contribution in [1.29, 1.82) is 0 Å². The van der Waals surface area contributed by atoms with E-state index >= 15 is 0 Å². The third-order valence-electron chi connectivity index (χ3n) is 6.10. The molecular weight excluding hydrogens is 406 g/mol. The summed E-state index contributed by atoms with van der Waals surface area (Å²) >= 11 is 0. The Kier molecular flexibility index (Phi) is 9.14. The molecule has 1 saturated heterocycles. The van der Waals surface area contributed by atoms with Crippen molar-refractivity contribution in [1.82, 2.24) is 5.06 Å². The van der Waals surface area contributed by atoms with Gasteiger partial charge in [0.25, 0.3) is 0 Å². The highest BCUT2D eigenvalue weighted by Gasteiger charge is 2.42. The molecule has 2 aliphatic rings. The average molecular weight is 448 g/mol. The summed E-state index contributed by atoms with van der Waals surface area (Å²) in [6.45, 7) is 14.2. The van der Waals surface area contributed by atoms with E-state index in [-0.39, 0.29) is 17.7 Å². The molecule has 6 heteroatoms. The minimum absolute atomic E-state index is 0.0840. The zero-order valence-corrected chi connectivity index (χ0v) is 20.5. The van der Waals surface area contributed by atoms with E-state index < -0.39 is 5.79 Å². The first kappa shape index (κ1) is 25.2. The first-order valence-electron chi connectivity index (χ1n) is 12.1. The molecule has 0 bridgehead atoms. The number of unbranched alkanes of at least 4 members (excludes halogenated alkanes) is 1. The van der Waals surface area contributed by atoms with Crippen molar-refractivity contribution >= 4 is 0 Å². The van der Waals surface area contributed by atoms with Crippen molar-refractivity contribution < 1.29 is 23.8 Å². The molecule has 1 aromatic carbocycles. The molecule has 0 radical (unpaired) electrons. The fourth-order valence-corrected chi connectivity index (χ4v) is 4.19. The summed E-state index contributed by atoms with van der Waals surface area (Å²) in [6.07, 6.45) is 8.06. The van der Waals surface area contributed by atoms with Gasteiger partial charge in [-0.2, -0.15) is 5.06 Å². The van der Waals surface area contributed by atoms with Crippen molar-refractivity contribution in [2.24, 2.45) is 0 Å². The molecule has 2 aliphatic heterocycles.